The van der Waals surface area contributed by atoms with E-state index in [9.17, 15) is 9.90 Å². The molecular formula is C17H12ClNO3. The van der Waals surface area contributed by atoms with Gasteiger partial charge in [0, 0.05) is 11.1 Å². The molecule has 2 aromatic rings. The molecule has 0 heterocycles. The van der Waals surface area contributed by atoms with Gasteiger partial charge in [-0.2, -0.15) is 5.26 Å². The maximum Gasteiger partial charge on any atom is 0.328 e. The van der Waals surface area contributed by atoms with E-state index in [4.69, 9.17) is 22.0 Å². The summed E-state index contributed by atoms with van der Waals surface area (Å²) in [6.07, 6.45) is 1.09. The lowest BCUT2D eigenvalue weighted by atomic mass is 9.98. The van der Waals surface area contributed by atoms with Crippen LogP contribution in [0.2, 0.25) is 5.02 Å². The van der Waals surface area contributed by atoms with Gasteiger partial charge in [-0.3, -0.25) is 0 Å². The molecule has 0 aliphatic rings. The molecule has 0 saturated heterocycles. The number of benzene rings is 2. The van der Waals surface area contributed by atoms with Crippen LogP contribution in [0.4, 0.5) is 0 Å². The first-order valence-corrected chi connectivity index (χ1v) is 6.78. The Morgan fingerprint density at radius 2 is 1.91 bits per heavy atom. The second kappa shape index (κ2) is 6.90. The summed E-state index contributed by atoms with van der Waals surface area (Å²) in [6, 6.07) is 14.0. The molecule has 2 aromatic carbocycles. The van der Waals surface area contributed by atoms with E-state index < -0.39 is 12.1 Å². The van der Waals surface area contributed by atoms with Gasteiger partial charge in [-0.1, -0.05) is 41.9 Å². The molecular weight excluding hydrogens is 302 g/mol. The molecule has 0 aliphatic heterocycles. The van der Waals surface area contributed by atoms with Gasteiger partial charge in [0.1, 0.15) is 0 Å². The highest BCUT2D eigenvalue weighted by molar-refractivity contribution is 6.30. The van der Waals surface area contributed by atoms with Crippen LogP contribution < -0.4 is 0 Å². The summed E-state index contributed by atoms with van der Waals surface area (Å²) in [6.45, 7) is 0. The zero-order chi connectivity index (χ0) is 16.1. The van der Waals surface area contributed by atoms with Gasteiger partial charge in [0.15, 0.2) is 0 Å². The third-order valence-corrected chi connectivity index (χ3v) is 3.32. The number of carboxylic acids is 1. The van der Waals surface area contributed by atoms with Crippen molar-refractivity contribution in [2.45, 2.75) is 6.10 Å². The summed E-state index contributed by atoms with van der Waals surface area (Å²) in [5.74, 6) is -1.12. The Labute approximate surface area is 132 Å². The van der Waals surface area contributed by atoms with E-state index in [1.165, 1.54) is 6.08 Å². The van der Waals surface area contributed by atoms with E-state index in [-0.39, 0.29) is 0 Å². The minimum absolute atomic E-state index is 0.464. The Balaban J connectivity index is 2.30. The van der Waals surface area contributed by atoms with E-state index in [1.54, 1.807) is 42.5 Å². The first-order valence-electron chi connectivity index (χ1n) is 6.40. The van der Waals surface area contributed by atoms with Crippen molar-refractivity contribution in [3.63, 3.8) is 0 Å². The van der Waals surface area contributed by atoms with Crippen LogP contribution in [0.15, 0.2) is 54.6 Å². The molecule has 0 saturated carbocycles. The fourth-order valence-electron chi connectivity index (χ4n) is 2.01. The van der Waals surface area contributed by atoms with Crippen LogP contribution >= 0.6 is 11.6 Å². The summed E-state index contributed by atoms with van der Waals surface area (Å²) < 4.78 is 0. The topological polar surface area (TPSA) is 81.3 Å². The maximum absolute atomic E-state index is 10.4. The Bertz CT molecular complexity index is 760. The van der Waals surface area contributed by atoms with Crippen molar-refractivity contribution in [3.8, 4) is 17.2 Å². The zero-order valence-corrected chi connectivity index (χ0v) is 12.2. The quantitative estimate of drug-likeness (QED) is 0.846. The normalized spacial score (nSPS) is 12.0. The number of aliphatic hydroxyl groups excluding tert-OH is 1. The molecule has 0 aliphatic carbocycles. The van der Waals surface area contributed by atoms with Crippen LogP contribution in [-0.2, 0) is 4.79 Å². The number of rotatable bonds is 4. The van der Waals surface area contributed by atoms with Crippen LogP contribution in [-0.4, -0.2) is 16.2 Å². The molecule has 2 rings (SSSR count). The van der Waals surface area contributed by atoms with Crippen LogP contribution in [0, 0.1) is 11.3 Å². The molecule has 2 N–H and O–H groups in total. The molecule has 110 valence electrons. The molecule has 1 atom stereocenters. The predicted octanol–water partition coefficient (Wildman–Crippen LogP) is 3.55. The van der Waals surface area contributed by atoms with Crippen molar-refractivity contribution in [1.82, 2.24) is 0 Å². The third kappa shape index (κ3) is 3.73. The van der Waals surface area contributed by atoms with Crippen molar-refractivity contribution < 1.29 is 15.0 Å². The summed E-state index contributed by atoms with van der Waals surface area (Å²) in [7, 11) is 0. The highest BCUT2D eigenvalue weighted by Gasteiger charge is 2.08. The number of carbonyl (C=O) groups is 1. The van der Waals surface area contributed by atoms with E-state index in [0.717, 1.165) is 17.2 Å². The standard InChI is InChI=1S/C17H12ClNO3/c18-14-5-6-15(13(9-14)10-19)11-1-3-12(4-2-11)16(20)7-8-17(21)22/h1-9,16,20H,(H,21,22). The van der Waals surface area contributed by atoms with Gasteiger partial charge in [0.2, 0.25) is 0 Å². The minimum Gasteiger partial charge on any atom is -0.478 e. The van der Waals surface area contributed by atoms with Gasteiger partial charge >= 0.3 is 5.97 Å². The van der Waals surface area contributed by atoms with Gasteiger partial charge in [0.05, 0.1) is 17.7 Å². The SMILES string of the molecule is N#Cc1cc(Cl)ccc1-c1ccc(C(O)C=CC(=O)O)cc1. The average molecular weight is 314 g/mol. The fourth-order valence-corrected chi connectivity index (χ4v) is 2.18. The number of nitrogens with zero attached hydrogens (tertiary/aromatic N) is 1. The van der Waals surface area contributed by atoms with E-state index >= 15 is 0 Å². The molecule has 0 radical (unpaired) electrons. The largest absolute Gasteiger partial charge is 0.478 e. The molecule has 5 heteroatoms. The van der Waals surface area contributed by atoms with Crippen molar-refractivity contribution in [1.29, 1.82) is 5.26 Å². The van der Waals surface area contributed by atoms with Crippen molar-refractivity contribution >= 4 is 17.6 Å². The van der Waals surface area contributed by atoms with Gasteiger partial charge in [-0.05, 0) is 34.9 Å². The Kier molecular flexibility index (Phi) is 4.95. The summed E-state index contributed by atoms with van der Waals surface area (Å²) in [4.78, 5) is 10.4. The average Bonchev–Trinajstić information content (AvgIpc) is 2.52. The Hall–Kier alpha value is -2.61. The van der Waals surface area contributed by atoms with E-state index in [2.05, 4.69) is 6.07 Å². The predicted molar refractivity (Wildman–Crippen MR) is 83.3 cm³/mol. The van der Waals surface area contributed by atoms with Gasteiger partial charge < -0.3 is 10.2 Å². The lowest BCUT2D eigenvalue weighted by Gasteiger charge is -2.09. The summed E-state index contributed by atoms with van der Waals surface area (Å²) >= 11 is 5.87. The molecule has 22 heavy (non-hydrogen) atoms. The van der Waals surface area contributed by atoms with Crippen LogP contribution in [0.1, 0.15) is 17.2 Å². The molecule has 4 nitrogen and oxygen atoms in total. The third-order valence-electron chi connectivity index (χ3n) is 3.09. The monoisotopic (exact) mass is 313 g/mol. The second-order valence-electron chi connectivity index (χ2n) is 4.57. The van der Waals surface area contributed by atoms with Crippen molar-refractivity contribution in [3.05, 3.63) is 70.8 Å². The van der Waals surface area contributed by atoms with Crippen LogP contribution in [0.3, 0.4) is 0 Å². The lowest BCUT2D eigenvalue weighted by Crippen LogP contribution is -1.95. The molecule has 0 aromatic heterocycles. The zero-order valence-electron chi connectivity index (χ0n) is 11.4. The van der Waals surface area contributed by atoms with E-state index in [0.29, 0.717) is 16.1 Å². The van der Waals surface area contributed by atoms with Gasteiger partial charge in [-0.25, -0.2) is 4.79 Å². The number of hydrogen-bond acceptors (Lipinski definition) is 3. The molecule has 1 unspecified atom stereocenters. The lowest BCUT2D eigenvalue weighted by molar-refractivity contribution is -0.131. The molecule has 0 fully saturated rings. The number of carboxylic acid groups (broad SMARTS) is 1. The molecule has 0 bridgehead atoms. The maximum atomic E-state index is 10.4. The number of aliphatic hydroxyl groups is 1. The van der Waals surface area contributed by atoms with Gasteiger partial charge in [0.25, 0.3) is 0 Å². The first kappa shape index (κ1) is 15.8. The number of hydrogen-bond donors (Lipinski definition) is 2. The van der Waals surface area contributed by atoms with Crippen molar-refractivity contribution in [2.24, 2.45) is 0 Å². The van der Waals surface area contributed by atoms with Gasteiger partial charge in [-0.15, -0.1) is 0 Å². The highest BCUT2D eigenvalue weighted by atomic mass is 35.5. The first-order chi connectivity index (χ1) is 10.5. The number of nitriles is 1. The van der Waals surface area contributed by atoms with Crippen LogP contribution in [0.25, 0.3) is 11.1 Å². The van der Waals surface area contributed by atoms with Crippen molar-refractivity contribution in [2.75, 3.05) is 0 Å². The number of halogens is 1. The molecule has 0 amide bonds. The minimum atomic E-state index is -1.12. The second-order valence-corrected chi connectivity index (χ2v) is 5.00. The smallest absolute Gasteiger partial charge is 0.328 e. The Morgan fingerprint density at radius 1 is 1.23 bits per heavy atom. The fraction of sp³-hybridized carbons (Fsp3) is 0.0588. The Morgan fingerprint density at radius 3 is 2.50 bits per heavy atom. The highest BCUT2D eigenvalue weighted by Crippen LogP contribution is 2.27. The van der Waals surface area contributed by atoms with Crippen LogP contribution in [0.5, 0.6) is 0 Å². The summed E-state index contributed by atoms with van der Waals surface area (Å²) in [5, 5.41) is 28.0. The summed E-state index contributed by atoms with van der Waals surface area (Å²) in [5.41, 5.74) is 2.58. The van der Waals surface area contributed by atoms with E-state index in [1.807, 2.05) is 0 Å². The number of aliphatic carboxylic acids is 1. The molecule has 0 spiro atoms.